The Morgan fingerprint density at radius 2 is 1.70 bits per heavy atom. The van der Waals surface area contributed by atoms with E-state index < -0.39 is 0 Å². The molecule has 0 saturated carbocycles. The van der Waals surface area contributed by atoms with Crippen LogP contribution in [0.25, 0.3) is 16.0 Å². The third kappa shape index (κ3) is 2.90. The summed E-state index contributed by atoms with van der Waals surface area (Å²) in [6, 6.07) is 23.4. The van der Waals surface area contributed by atoms with Gasteiger partial charge in [-0.1, -0.05) is 59.7 Å². The normalized spacial score (nSPS) is 9.60. The van der Waals surface area contributed by atoms with Crippen LogP contribution in [0.5, 0.6) is 0 Å². The maximum Gasteiger partial charge on any atom is 0.222 e. The van der Waals surface area contributed by atoms with Crippen LogP contribution >= 0.6 is 11.3 Å². The van der Waals surface area contributed by atoms with Crippen molar-refractivity contribution in [3.05, 3.63) is 93.9 Å². The lowest BCUT2D eigenvalue weighted by molar-refractivity contribution is 1.51. The third-order valence-electron chi connectivity index (χ3n) is 2.96. The molecule has 96 valence electrons. The molecule has 3 aromatic rings. The highest BCUT2D eigenvalue weighted by atomic mass is 32.1. The van der Waals surface area contributed by atoms with Crippen molar-refractivity contribution in [1.29, 1.82) is 0 Å². The molecule has 1 aromatic heterocycles. The second-order valence-corrected chi connectivity index (χ2v) is 5.12. The molecule has 3 rings (SSSR count). The van der Waals surface area contributed by atoms with Gasteiger partial charge in [-0.05, 0) is 16.3 Å². The lowest BCUT2D eigenvalue weighted by Gasteiger charge is -2.06. The molecule has 0 aliphatic heterocycles. The van der Waals surface area contributed by atoms with Gasteiger partial charge in [0.1, 0.15) is 0 Å². The molecule has 0 radical (unpaired) electrons. The van der Waals surface area contributed by atoms with Crippen molar-refractivity contribution in [2.24, 2.45) is 0 Å². The summed E-state index contributed by atoms with van der Waals surface area (Å²) in [7, 11) is 0. The molecule has 0 spiro atoms. The summed E-state index contributed by atoms with van der Waals surface area (Å²) in [5, 5.41) is 4.24. The highest BCUT2D eigenvalue weighted by Crippen LogP contribution is 2.26. The Bertz CT molecular complexity index is 734. The Labute approximate surface area is 123 Å². The molecule has 0 fully saturated rings. The van der Waals surface area contributed by atoms with Gasteiger partial charge in [0, 0.05) is 5.56 Å². The molecule has 0 aliphatic carbocycles. The summed E-state index contributed by atoms with van der Waals surface area (Å²) >= 11 is 1.70. The van der Waals surface area contributed by atoms with Crippen LogP contribution in [0.1, 0.15) is 11.1 Å². The van der Waals surface area contributed by atoms with Crippen molar-refractivity contribution < 1.29 is 0 Å². The second-order valence-electron chi connectivity index (χ2n) is 4.34. The minimum Gasteiger partial charge on any atom is -0.153 e. The van der Waals surface area contributed by atoms with Crippen LogP contribution in [-0.4, -0.2) is 0 Å². The van der Waals surface area contributed by atoms with E-state index in [9.17, 15) is 0 Å². The molecule has 1 heterocycles. The fourth-order valence-corrected chi connectivity index (χ4v) is 2.64. The maximum absolute atomic E-state index is 4.31. The van der Waals surface area contributed by atoms with E-state index in [4.69, 9.17) is 0 Å². The standard InChI is InChI=1S/C18H13NS/c1-2-6-15(7-3-1)12-19-13-16-8-4-5-9-18(16)17-10-11-20-14-17/h1-11,13-14H. The fourth-order valence-electron chi connectivity index (χ4n) is 1.98. The quantitative estimate of drug-likeness (QED) is 0.558. The molecule has 0 N–H and O–H groups in total. The van der Waals surface area contributed by atoms with Gasteiger partial charge in [0.05, 0.1) is 0 Å². The lowest BCUT2D eigenvalue weighted by Crippen LogP contribution is -1.83. The van der Waals surface area contributed by atoms with Gasteiger partial charge in [-0.2, -0.15) is 11.3 Å². The van der Waals surface area contributed by atoms with E-state index in [2.05, 4.69) is 45.9 Å². The predicted octanol–water partition coefficient (Wildman–Crippen LogP) is 5.31. The molecule has 0 bridgehead atoms. The van der Waals surface area contributed by atoms with Gasteiger partial charge in [0.15, 0.2) is 0 Å². The minimum absolute atomic E-state index is 0.983. The van der Waals surface area contributed by atoms with Crippen LogP contribution in [-0.2, 0) is 0 Å². The van der Waals surface area contributed by atoms with E-state index in [1.165, 1.54) is 11.1 Å². The van der Waals surface area contributed by atoms with Crippen molar-refractivity contribution >= 4 is 11.3 Å². The van der Waals surface area contributed by atoms with Crippen molar-refractivity contribution in [2.45, 2.75) is 0 Å². The van der Waals surface area contributed by atoms with Crippen LogP contribution in [0.3, 0.4) is 0 Å². The zero-order valence-corrected chi connectivity index (χ0v) is 11.7. The van der Waals surface area contributed by atoms with Crippen molar-refractivity contribution in [1.82, 2.24) is 0 Å². The molecule has 0 saturated heterocycles. The van der Waals surface area contributed by atoms with Gasteiger partial charge in [-0.15, -0.1) is 17.0 Å². The number of rotatable bonds is 2. The first kappa shape index (κ1) is 12.5. The molecule has 2 aromatic carbocycles. The topological polar surface area (TPSA) is 4.36 Å². The molecule has 0 aliphatic rings. The molecule has 0 atom stereocenters. The molecule has 1 nitrogen and oxygen atoms in total. The van der Waals surface area contributed by atoms with Gasteiger partial charge in [0.2, 0.25) is 12.6 Å². The Hall–Kier alpha value is -2.50. The Morgan fingerprint density at radius 3 is 2.50 bits per heavy atom. The van der Waals surface area contributed by atoms with Gasteiger partial charge < -0.3 is 0 Å². The van der Waals surface area contributed by atoms with Crippen LogP contribution < -0.4 is 0 Å². The number of hydrogen-bond donors (Lipinski definition) is 0. The summed E-state index contributed by atoms with van der Waals surface area (Å²) in [6.45, 7) is 1.86. The number of hydrogen-bond acceptors (Lipinski definition) is 1. The first-order valence-electron chi connectivity index (χ1n) is 6.39. The maximum atomic E-state index is 4.31. The first-order chi connectivity index (χ1) is 9.93. The fraction of sp³-hybridized carbons (Fsp3) is 0. The van der Waals surface area contributed by atoms with Crippen LogP contribution in [0.2, 0.25) is 0 Å². The van der Waals surface area contributed by atoms with Gasteiger partial charge in [0.25, 0.3) is 0 Å². The predicted molar refractivity (Wildman–Crippen MR) is 85.9 cm³/mol. The first-order valence-corrected chi connectivity index (χ1v) is 7.33. The van der Waals surface area contributed by atoms with Crippen LogP contribution in [0, 0.1) is 12.6 Å². The lowest BCUT2D eigenvalue weighted by atomic mass is 10.0. The summed E-state index contributed by atoms with van der Waals surface area (Å²) in [5.41, 5.74) is 4.52. The summed E-state index contributed by atoms with van der Waals surface area (Å²) in [6.07, 6.45) is 0. The van der Waals surface area contributed by atoms with Gasteiger partial charge in [-0.3, -0.25) is 0 Å². The largest absolute Gasteiger partial charge is 0.222 e. The molecular formula is C18H13NS. The minimum atomic E-state index is 0.983. The zero-order valence-electron chi connectivity index (χ0n) is 10.9. The molecule has 2 heteroatoms. The van der Waals surface area contributed by atoms with Crippen molar-refractivity contribution in [3.63, 3.8) is 0 Å². The second kappa shape index (κ2) is 6.10. The zero-order chi connectivity index (χ0) is 13.6. The average Bonchev–Trinajstić information content (AvgIpc) is 3.03. The van der Waals surface area contributed by atoms with Gasteiger partial charge >= 0.3 is 0 Å². The Balaban J connectivity index is 1.84. The van der Waals surface area contributed by atoms with E-state index >= 15 is 0 Å². The van der Waals surface area contributed by atoms with Gasteiger partial charge in [-0.25, -0.2) is 0 Å². The molecule has 0 unspecified atom stereocenters. The average molecular weight is 275 g/mol. The molecule has 20 heavy (non-hydrogen) atoms. The Kier molecular flexibility index (Phi) is 3.82. The van der Waals surface area contributed by atoms with E-state index in [-0.39, 0.29) is 0 Å². The Morgan fingerprint density at radius 1 is 0.900 bits per heavy atom. The van der Waals surface area contributed by atoms with Crippen molar-refractivity contribution in [3.8, 4) is 17.2 Å². The highest BCUT2D eigenvalue weighted by Gasteiger charge is 2.01. The molecule has 0 amide bonds. The molecular weight excluding hydrogens is 262 g/mol. The van der Waals surface area contributed by atoms with Crippen LogP contribution in [0.4, 0.5) is 0 Å². The monoisotopic (exact) mass is 275 g/mol. The summed E-state index contributed by atoms with van der Waals surface area (Å²) in [5.74, 6) is 0. The summed E-state index contributed by atoms with van der Waals surface area (Å²) < 4.78 is 0. The van der Waals surface area contributed by atoms with E-state index in [1.54, 1.807) is 11.3 Å². The highest BCUT2D eigenvalue weighted by molar-refractivity contribution is 7.08. The van der Waals surface area contributed by atoms with E-state index in [0.717, 1.165) is 11.1 Å². The van der Waals surface area contributed by atoms with Crippen LogP contribution in [0.15, 0.2) is 71.4 Å². The smallest absolute Gasteiger partial charge is 0.153 e. The third-order valence-corrected chi connectivity index (χ3v) is 3.65. The number of thiophene rings is 1. The van der Waals surface area contributed by atoms with Crippen molar-refractivity contribution in [2.75, 3.05) is 0 Å². The summed E-state index contributed by atoms with van der Waals surface area (Å²) in [4.78, 5) is 4.31. The number of nitrogens with zero attached hydrogens (tertiary/aromatic N) is 1. The van der Waals surface area contributed by atoms with E-state index in [1.807, 2.05) is 42.9 Å². The van der Waals surface area contributed by atoms with E-state index in [0.29, 0.717) is 0 Å². The number of benzene rings is 2. The SMILES string of the molecule is C(#[N+][CH-]c1ccccc1-c1ccsc1)c1ccccc1.